The Labute approximate surface area is 94.2 Å². The minimum atomic E-state index is -1.11. The summed E-state index contributed by atoms with van der Waals surface area (Å²) in [6.45, 7) is 0. The average molecular weight is 303 g/mol. The van der Waals surface area contributed by atoms with Crippen LogP contribution in [-0.4, -0.2) is 18.2 Å². The van der Waals surface area contributed by atoms with Crippen LogP contribution in [0.25, 0.3) is 0 Å². The molecule has 0 aliphatic heterocycles. The van der Waals surface area contributed by atoms with Crippen LogP contribution < -0.4 is 4.74 Å². The first kappa shape index (κ1) is 10.8. The highest BCUT2D eigenvalue weighted by molar-refractivity contribution is 14.1. The highest BCUT2D eigenvalue weighted by atomic mass is 127. The van der Waals surface area contributed by atoms with Crippen LogP contribution in [0.2, 0.25) is 0 Å². The molecule has 0 saturated carbocycles. The molecule has 1 rings (SSSR count). The normalized spacial score (nSPS) is 9.21. The van der Waals surface area contributed by atoms with Crippen molar-refractivity contribution in [1.29, 1.82) is 5.26 Å². The molecule has 0 unspecified atom stereocenters. The summed E-state index contributed by atoms with van der Waals surface area (Å²) in [5.74, 6) is -0.603. The van der Waals surface area contributed by atoms with E-state index in [1.54, 1.807) is 0 Å². The van der Waals surface area contributed by atoms with Crippen LogP contribution in [0.1, 0.15) is 15.9 Å². The number of carbonyl (C=O) groups is 1. The zero-order valence-electron chi connectivity index (χ0n) is 7.24. The Bertz CT molecular complexity index is 423. The van der Waals surface area contributed by atoms with Crippen LogP contribution in [0.3, 0.4) is 0 Å². The van der Waals surface area contributed by atoms with Gasteiger partial charge in [-0.2, -0.15) is 5.26 Å². The van der Waals surface area contributed by atoms with Gasteiger partial charge >= 0.3 is 5.97 Å². The standard InChI is InChI=1S/C9H6INO3/c1-14-8-2-5(4-11)6(9(12)13)3-7(8)10/h2-3H,1H3,(H,12,13). The lowest BCUT2D eigenvalue weighted by Crippen LogP contribution is -2.02. The summed E-state index contributed by atoms with van der Waals surface area (Å²) in [5.41, 5.74) is 0.104. The summed E-state index contributed by atoms with van der Waals surface area (Å²) in [6.07, 6.45) is 0. The highest BCUT2D eigenvalue weighted by Gasteiger charge is 2.13. The molecule has 0 radical (unpaired) electrons. The lowest BCUT2D eigenvalue weighted by molar-refractivity contribution is 0.0696. The molecule has 0 aliphatic rings. The van der Waals surface area contributed by atoms with Gasteiger partial charge in [-0.1, -0.05) is 0 Å². The maximum absolute atomic E-state index is 10.7. The summed E-state index contributed by atoms with van der Waals surface area (Å²) < 4.78 is 5.64. The van der Waals surface area contributed by atoms with Crippen molar-refractivity contribution >= 4 is 28.6 Å². The molecular weight excluding hydrogens is 297 g/mol. The molecule has 0 atom stereocenters. The van der Waals surface area contributed by atoms with Gasteiger partial charge in [-0.15, -0.1) is 0 Å². The van der Waals surface area contributed by atoms with E-state index in [0.29, 0.717) is 9.32 Å². The number of benzene rings is 1. The lowest BCUT2D eigenvalue weighted by atomic mass is 10.1. The second kappa shape index (κ2) is 4.28. The Morgan fingerprint density at radius 2 is 2.29 bits per heavy atom. The van der Waals surface area contributed by atoms with Gasteiger partial charge in [0, 0.05) is 0 Å². The van der Waals surface area contributed by atoms with Crippen molar-refractivity contribution in [2.24, 2.45) is 0 Å². The molecular formula is C9H6INO3. The van der Waals surface area contributed by atoms with Crippen LogP contribution in [0.15, 0.2) is 12.1 Å². The molecule has 14 heavy (non-hydrogen) atoms. The number of nitrogens with zero attached hydrogens (tertiary/aromatic N) is 1. The smallest absolute Gasteiger partial charge is 0.337 e. The summed E-state index contributed by atoms with van der Waals surface area (Å²) in [6, 6.07) is 4.65. The third-order valence-corrected chi connectivity index (χ3v) is 2.49. The molecule has 72 valence electrons. The molecule has 0 saturated heterocycles. The SMILES string of the molecule is COc1cc(C#N)c(C(=O)O)cc1I. The second-order valence-corrected chi connectivity index (χ2v) is 3.61. The molecule has 0 heterocycles. The van der Waals surface area contributed by atoms with Gasteiger partial charge in [0.25, 0.3) is 0 Å². The zero-order chi connectivity index (χ0) is 10.7. The van der Waals surface area contributed by atoms with E-state index in [1.807, 2.05) is 28.7 Å². The Morgan fingerprint density at radius 3 is 2.71 bits per heavy atom. The van der Waals surface area contributed by atoms with Gasteiger partial charge in [0.05, 0.1) is 21.8 Å². The molecule has 4 nitrogen and oxygen atoms in total. The number of hydrogen-bond donors (Lipinski definition) is 1. The molecule has 0 fully saturated rings. The number of rotatable bonds is 2. The number of carboxylic acid groups (broad SMARTS) is 1. The van der Waals surface area contributed by atoms with Gasteiger partial charge in [-0.05, 0) is 34.7 Å². The van der Waals surface area contributed by atoms with E-state index in [2.05, 4.69) is 0 Å². The maximum atomic E-state index is 10.7. The van der Waals surface area contributed by atoms with Crippen LogP contribution in [0.5, 0.6) is 5.75 Å². The quantitative estimate of drug-likeness (QED) is 0.847. The van der Waals surface area contributed by atoms with Gasteiger partial charge in [-0.3, -0.25) is 0 Å². The van der Waals surface area contributed by atoms with Crippen molar-refractivity contribution in [1.82, 2.24) is 0 Å². The van der Waals surface area contributed by atoms with E-state index in [-0.39, 0.29) is 11.1 Å². The second-order valence-electron chi connectivity index (χ2n) is 2.45. The molecule has 0 amide bonds. The first-order chi connectivity index (χ1) is 6.60. The number of nitriles is 1. The molecule has 1 aromatic rings. The summed E-state index contributed by atoms with van der Waals surface area (Å²) in [5, 5.41) is 17.5. The number of ether oxygens (including phenoxy) is 1. The summed E-state index contributed by atoms with van der Waals surface area (Å²) >= 11 is 1.95. The zero-order valence-corrected chi connectivity index (χ0v) is 9.40. The predicted molar refractivity (Wildman–Crippen MR) is 57.4 cm³/mol. The van der Waals surface area contributed by atoms with Gasteiger partial charge in [-0.25, -0.2) is 4.79 Å². The maximum Gasteiger partial charge on any atom is 0.337 e. The fourth-order valence-electron chi connectivity index (χ4n) is 0.979. The van der Waals surface area contributed by atoms with Gasteiger partial charge in [0.1, 0.15) is 11.8 Å². The first-order valence-corrected chi connectivity index (χ1v) is 4.69. The predicted octanol–water partition coefficient (Wildman–Crippen LogP) is 1.87. The van der Waals surface area contributed by atoms with E-state index in [0.717, 1.165) is 0 Å². The van der Waals surface area contributed by atoms with E-state index in [9.17, 15) is 4.79 Å². The van der Waals surface area contributed by atoms with Gasteiger partial charge in [0.2, 0.25) is 0 Å². The fourth-order valence-corrected chi connectivity index (χ4v) is 1.67. The van der Waals surface area contributed by atoms with Crippen molar-refractivity contribution in [3.05, 3.63) is 26.8 Å². The molecule has 0 bridgehead atoms. The van der Waals surface area contributed by atoms with Crippen LogP contribution in [0, 0.1) is 14.9 Å². The van der Waals surface area contributed by atoms with Crippen molar-refractivity contribution in [2.75, 3.05) is 7.11 Å². The average Bonchev–Trinajstić information content (AvgIpc) is 2.17. The minimum absolute atomic E-state index is 0.00213. The van der Waals surface area contributed by atoms with E-state index >= 15 is 0 Å². The molecule has 1 aromatic carbocycles. The number of halogens is 1. The summed E-state index contributed by atoms with van der Waals surface area (Å²) in [7, 11) is 1.47. The van der Waals surface area contributed by atoms with Crippen LogP contribution >= 0.6 is 22.6 Å². The Morgan fingerprint density at radius 1 is 1.64 bits per heavy atom. The third-order valence-electron chi connectivity index (χ3n) is 1.64. The number of hydrogen-bond acceptors (Lipinski definition) is 3. The number of methoxy groups -OCH3 is 1. The van der Waals surface area contributed by atoms with E-state index in [1.165, 1.54) is 19.2 Å². The van der Waals surface area contributed by atoms with E-state index < -0.39 is 5.97 Å². The molecule has 1 N–H and O–H groups in total. The molecule has 0 aromatic heterocycles. The molecule has 5 heteroatoms. The Kier molecular flexibility index (Phi) is 3.30. The first-order valence-electron chi connectivity index (χ1n) is 3.61. The summed E-state index contributed by atoms with van der Waals surface area (Å²) in [4.78, 5) is 10.7. The van der Waals surface area contributed by atoms with Crippen LogP contribution in [-0.2, 0) is 0 Å². The van der Waals surface area contributed by atoms with Crippen molar-refractivity contribution < 1.29 is 14.6 Å². The Balaban J connectivity index is 3.41. The third kappa shape index (κ3) is 1.96. The fraction of sp³-hybridized carbons (Fsp3) is 0.111. The number of carboxylic acids is 1. The Hall–Kier alpha value is -1.29. The molecule has 0 spiro atoms. The number of aromatic carboxylic acids is 1. The van der Waals surface area contributed by atoms with Crippen molar-refractivity contribution in [3.8, 4) is 11.8 Å². The minimum Gasteiger partial charge on any atom is -0.496 e. The van der Waals surface area contributed by atoms with Gasteiger partial charge in [0.15, 0.2) is 0 Å². The van der Waals surface area contributed by atoms with Crippen molar-refractivity contribution in [2.45, 2.75) is 0 Å². The molecule has 0 aliphatic carbocycles. The topological polar surface area (TPSA) is 70.3 Å². The van der Waals surface area contributed by atoms with E-state index in [4.69, 9.17) is 15.1 Å². The largest absolute Gasteiger partial charge is 0.496 e. The highest BCUT2D eigenvalue weighted by Crippen LogP contribution is 2.24. The van der Waals surface area contributed by atoms with Gasteiger partial charge < -0.3 is 9.84 Å². The van der Waals surface area contributed by atoms with Crippen molar-refractivity contribution in [3.63, 3.8) is 0 Å². The lowest BCUT2D eigenvalue weighted by Gasteiger charge is -2.05. The monoisotopic (exact) mass is 303 g/mol. The van der Waals surface area contributed by atoms with Crippen LogP contribution in [0.4, 0.5) is 0 Å².